The largest absolute Gasteiger partial charge is 0.365 e. The fourth-order valence-electron chi connectivity index (χ4n) is 2.00. The second-order valence-corrected chi connectivity index (χ2v) is 4.16. The molecular weight excluding hydrogens is 246 g/mol. The molecule has 0 spiro atoms. The summed E-state index contributed by atoms with van der Waals surface area (Å²) in [6, 6.07) is 8.72. The van der Waals surface area contributed by atoms with Crippen LogP contribution in [0.5, 0.6) is 0 Å². The van der Waals surface area contributed by atoms with Crippen LogP contribution in [0.25, 0.3) is 11.3 Å². The molecule has 0 radical (unpaired) electrons. The third kappa shape index (κ3) is 1.97. The van der Waals surface area contributed by atoms with Crippen molar-refractivity contribution in [2.75, 3.05) is 0 Å². The van der Waals surface area contributed by atoms with Gasteiger partial charge in [0.05, 0.1) is 5.69 Å². The van der Waals surface area contributed by atoms with Gasteiger partial charge in [0.1, 0.15) is 5.56 Å². The van der Waals surface area contributed by atoms with E-state index >= 15 is 0 Å². The molecule has 1 heterocycles. The average molecular weight is 259 g/mol. The summed E-state index contributed by atoms with van der Waals surface area (Å²) in [4.78, 5) is 35.5. The van der Waals surface area contributed by atoms with Crippen LogP contribution in [0.4, 0.5) is 0 Å². The van der Waals surface area contributed by atoms with E-state index in [-0.39, 0.29) is 11.3 Å². The molecule has 0 atom stereocenters. The number of benzene rings is 1. The molecule has 0 aliphatic rings. The van der Waals surface area contributed by atoms with Gasteiger partial charge < -0.3 is 5.73 Å². The van der Waals surface area contributed by atoms with E-state index in [0.717, 1.165) is 4.57 Å². The lowest BCUT2D eigenvalue weighted by Crippen LogP contribution is -2.42. The minimum absolute atomic E-state index is 0.184. The lowest BCUT2D eigenvalue weighted by Gasteiger charge is -2.13. The van der Waals surface area contributed by atoms with Crippen LogP contribution in [0.15, 0.2) is 39.9 Å². The van der Waals surface area contributed by atoms with Crippen molar-refractivity contribution in [3.63, 3.8) is 0 Å². The summed E-state index contributed by atoms with van der Waals surface area (Å²) in [6.45, 7) is 0. The second-order valence-electron chi connectivity index (χ2n) is 4.16. The standard InChI is InChI=1S/C13H13N3O3/c1-15-10(8-6-4-3-5-7-8)9(11(14)17)12(18)16(2)13(15)19/h3-7H,1-2H3,(H2,14,17). The number of rotatable bonds is 2. The van der Waals surface area contributed by atoms with Crippen LogP contribution in [-0.2, 0) is 14.1 Å². The van der Waals surface area contributed by atoms with E-state index in [4.69, 9.17) is 5.73 Å². The summed E-state index contributed by atoms with van der Waals surface area (Å²) in [7, 11) is 2.81. The summed E-state index contributed by atoms with van der Waals surface area (Å²) in [5, 5.41) is 0. The number of carbonyl (C=O) groups is 1. The van der Waals surface area contributed by atoms with Crippen LogP contribution in [0.2, 0.25) is 0 Å². The first-order valence-electron chi connectivity index (χ1n) is 5.60. The van der Waals surface area contributed by atoms with Crippen molar-refractivity contribution in [1.82, 2.24) is 9.13 Å². The van der Waals surface area contributed by atoms with Crippen molar-refractivity contribution < 1.29 is 4.79 Å². The van der Waals surface area contributed by atoms with Gasteiger partial charge in [0.25, 0.3) is 11.5 Å². The van der Waals surface area contributed by atoms with Crippen molar-refractivity contribution in [1.29, 1.82) is 0 Å². The monoisotopic (exact) mass is 259 g/mol. The first kappa shape index (κ1) is 12.8. The Morgan fingerprint density at radius 1 is 1.05 bits per heavy atom. The number of nitrogens with zero attached hydrogens (tertiary/aromatic N) is 2. The molecule has 2 N–H and O–H groups in total. The molecule has 0 fully saturated rings. The molecule has 0 saturated carbocycles. The predicted octanol–water partition coefficient (Wildman–Crippen LogP) is -0.150. The Morgan fingerprint density at radius 3 is 2.16 bits per heavy atom. The lowest BCUT2D eigenvalue weighted by molar-refractivity contribution is 0.0998. The Bertz CT molecular complexity index is 757. The van der Waals surface area contributed by atoms with Gasteiger partial charge >= 0.3 is 5.69 Å². The molecular formula is C13H13N3O3. The minimum Gasteiger partial charge on any atom is -0.365 e. The highest BCUT2D eigenvalue weighted by Crippen LogP contribution is 2.18. The van der Waals surface area contributed by atoms with Gasteiger partial charge in [-0.1, -0.05) is 30.3 Å². The third-order valence-electron chi connectivity index (χ3n) is 2.96. The van der Waals surface area contributed by atoms with E-state index in [1.807, 2.05) is 0 Å². The molecule has 6 nitrogen and oxygen atoms in total. The Balaban J connectivity index is 2.99. The molecule has 0 aliphatic carbocycles. The van der Waals surface area contributed by atoms with E-state index in [1.54, 1.807) is 30.3 Å². The number of amides is 1. The van der Waals surface area contributed by atoms with Gasteiger partial charge in [-0.3, -0.25) is 18.7 Å². The van der Waals surface area contributed by atoms with E-state index < -0.39 is 17.2 Å². The molecule has 0 saturated heterocycles. The lowest BCUT2D eigenvalue weighted by atomic mass is 10.1. The molecule has 98 valence electrons. The van der Waals surface area contributed by atoms with Gasteiger partial charge in [-0.05, 0) is 5.56 Å². The van der Waals surface area contributed by atoms with Crippen LogP contribution >= 0.6 is 0 Å². The quantitative estimate of drug-likeness (QED) is 0.813. The molecule has 1 amide bonds. The maximum atomic E-state index is 12.0. The molecule has 0 unspecified atom stereocenters. The molecule has 6 heteroatoms. The van der Waals surface area contributed by atoms with Crippen LogP contribution in [0.1, 0.15) is 10.4 Å². The highest BCUT2D eigenvalue weighted by molar-refractivity contribution is 5.98. The van der Waals surface area contributed by atoms with Crippen molar-refractivity contribution >= 4 is 5.91 Å². The maximum absolute atomic E-state index is 12.0. The molecule has 1 aromatic carbocycles. The predicted molar refractivity (Wildman–Crippen MR) is 70.9 cm³/mol. The fourth-order valence-corrected chi connectivity index (χ4v) is 2.00. The zero-order chi connectivity index (χ0) is 14.2. The van der Waals surface area contributed by atoms with Gasteiger partial charge in [0, 0.05) is 14.1 Å². The van der Waals surface area contributed by atoms with Crippen molar-refractivity contribution in [3.8, 4) is 11.3 Å². The topological polar surface area (TPSA) is 87.1 Å². The van der Waals surface area contributed by atoms with Gasteiger partial charge in [0.15, 0.2) is 0 Å². The highest BCUT2D eigenvalue weighted by Gasteiger charge is 2.20. The molecule has 0 bridgehead atoms. The van der Waals surface area contributed by atoms with Crippen molar-refractivity contribution in [2.24, 2.45) is 19.8 Å². The van der Waals surface area contributed by atoms with Crippen LogP contribution in [0.3, 0.4) is 0 Å². The van der Waals surface area contributed by atoms with Gasteiger partial charge in [0.2, 0.25) is 0 Å². The van der Waals surface area contributed by atoms with Crippen molar-refractivity contribution in [2.45, 2.75) is 0 Å². The summed E-state index contributed by atoms with van der Waals surface area (Å²) in [5.74, 6) is -0.852. The fraction of sp³-hybridized carbons (Fsp3) is 0.154. The number of primary amides is 1. The summed E-state index contributed by atoms with van der Waals surface area (Å²) < 4.78 is 2.11. The number of carbonyl (C=O) groups excluding carboxylic acids is 1. The summed E-state index contributed by atoms with van der Waals surface area (Å²) in [5.41, 5.74) is 4.73. The van der Waals surface area contributed by atoms with E-state index in [9.17, 15) is 14.4 Å². The Morgan fingerprint density at radius 2 is 1.63 bits per heavy atom. The van der Waals surface area contributed by atoms with E-state index in [2.05, 4.69) is 0 Å². The molecule has 2 aromatic rings. The molecule has 1 aromatic heterocycles. The van der Waals surface area contributed by atoms with Crippen LogP contribution in [-0.4, -0.2) is 15.0 Å². The normalized spacial score (nSPS) is 10.4. The second kappa shape index (κ2) is 4.56. The zero-order valence-corrected chi connectivity index (χ0v) is 10.6. The smallest absolute Gasteiger partial charge is 0.330 e. The van der Waals surface area contributed by atoms with Gasteiger partial charge in [-0.15, -0.1) is 0 Å². The molecule has 2 rings (SSSR count). The van der Waals surface area contributed by atoms with Crippen LogP contribution in [0, 0.1) is 0 Å². The highest BCUT2D eigenvalue weighted by atomic mass is 16.2. The SMILES string of the molecule is Cn1c(-c2ccccc2)c(C(N)=O)c(=O)n(C)c1=O. The average Bonchev–Trinajstić information content (AvgIpc) is 2.40. The molecule has 19 heavy (non-hydrogen) atoms. The Kier molecular flexibility index (Phi) is 3.08. The minimum atomic E-state index is -0.852. The maximum Gasteiger partial charge on any atom is 0.330 e. The zero-order valence-electron chi connectivity index (χ0n) is 10.6. The first-order chi connectivity index (χ1) is 8.95. The molecule has 0 aliphatic heterocycles. The van der Waals surface area contributed by atoms with Crippen molar-refractivity contribution in [3.05, 3.63) is 56.7 Å². The number of nitrogens with two attached hydrogens (primary N) is 1. The van der Waals surface area contributed by atoms with E-state index in [0.29, 0.717) is 5.56 Å². The number of hydrogen-bond acceptors (Lipinski definition) is 3. The van der Waals surface area contributed by atoms with Gasteiger partial charge in [-0.25, -0.2) is 4.79 Å². The van der Waals surface area contributed by atoms with Crippen LogP contribution < -0.4 is 17.0 Å². The first-order valence-corrected chi connectivity index (χ1v) is 5.60. The summed E-state index contributed by atoms with van der Waals surface area (Å²) in [6.07, 6.45) is 0. The summed E-state index contributed by atoms with van der Waals surface area (Å²) >= 11 is 0. The third-order valence-corrected chi connectivity index (χ3v) is 2.96. The Labute approximate surface area is 108 Å². The number of aromatic nitrogens is 2. The Hall–Kier alpha value is -2.63. The van der Waals surface area contributed by atoms with E-state index in [1.165, 1.54) is 18.7 Å². The van der Waals surface area contributed by atoms with Gasteiger partial charge in [-0.2, -0.15) is 0 Å². The number of hydrogen-bond donors (Lipinski definition) is 1.